The van der Waals surface area contributed by atoms with Crippen molar-refractivity contribution in [3.63, 3.8) is 0 Å². The molecule has 38 heavy (non-hydrogen) atoms. The number of alkyl halides is 3. The molecule has 1 amide bonds. The van der Waals surface area contributed by atoms with Gasteiger partial charge >= 0.3 is 6.18 Å². The maximum Gasteiger partial charge on any atom is 0.416 e. The Morgan fingerprint density at radius 2 is 1.76 bits per heavy atom. The number of likely N-dealkylation sites (tertiary alicyclic amines) is 1. The highest BCUT2D eigenvalue weighted by molar-refractivity contribution is 6.00. The smallest absolute Gasteiger partial charge is 0.416 e. The van der Waals surface area contributed by atoms with Gasteiger partial charge in [0.1, 0.15) is 0 Å². The minimum Gasteiger partial charge on any atom is -0.477 e. The molecule has 0 bridgehead atoms. The summed E-state index contributed by atoms with van der Waals surface area (Å²) in [6, 6.07) is 14.7. The number of benzene rings is 2. The number of ether oxygens (including phenoxy) is 1. The molecule has 4 heterocycles. The van der Waals surface area contributed by atoms with E-state index in [0.717, 1.165) is 48.1 Å². The van der Waals surface area contributed by atoms with Gasteiger partial charge in [-0.25, -0.2) is 4.68 Å². The van der Waals surface area contributed by atoms with Crippen LogP contribution in [0.1, 0.15) is 35.3 Å². The molecule has 1 fully saturated rings. The molecule has 10 heteroatoms. The van der Waals surface area contributed by atoms with Gasteiger partial charge in [0.05, 0.1) is 36.5 Å². The van der Waals surface area contributed by atoms with Crippen molar-refractivity contribution in [3.8, 4) is 28.1 Å². The Morgan fingerprint density at radius 1 is 0.974 bits per heavy atom. The van der Waals surface area contributed by atoms with E-state index in [1.165, 1.54) is 12.1 Å². The third kappa shape index (κ3) is 4.55. The minimum atomic E-state index is -4.37. The molecule has 2 aliphatic rings. The van der Waals surface area contributed by atoms with Crippen molar-refractivity contribution < 1.29 is 22.7 Å². The molecule has 0 aliphatic carbocycles. The van der Waals surface area contributed by atoms with Crippen molar-refractivity contribution in [3.05, 3.63) is 78.2 Å². The van der Waals surface area contributed by atoms with Crippen LogP contribution in [0.3, 0.4) is 0 Å². The van der Waals surface area contributed by atoms with Gasteiger partial charge in [-0.3, -0.25) is 9.48 Å². The lowest BCUT2D eigenvalue weighted by atomic mass is 10.0. The zero-order valence-corrected chi connectivity index (χ0v) is 20.6. The van der Waals surface area contributed by atoms with Crippen molar-refractivity contribution in [2.75, 3.05) is 13.2 Å². The molecule has 0 radical (unpaired) electrons. The Balaban J connectivity index is 1.23. The van der Waals surface area contributed by atoms with Crippen LogP contribution in [0.25, 0.3) is 22.3 Å². The van der Waals surface area contributed by atoms with Gasteiger partial charge in [0, 0.05) is 31.3 Å². The molecule has 0 saturated carbocycles. The molecular formula is C28H26F3N5O2. The number of carbonyl (C=O) groups excluding carboxylic acids is 1. The number of fused-ring (bicyclic) bond motifs is 1. The molecule has 4 aromatic rings. The first kappa shape index (κ1) is 24.3. The first-order chi connectivity index (χ1) is 18.4. The quantitative estimate of drug-likeness (QED) is 0.347. The summed E-state index contributed by atoms with van der Waals surface area (Å²) >= 11 is 0. The van der Waals surface area contributed by atoms with Gasteiger partial charge in [0.2, 0.25) is 5.88 Å². The summed E-state index contributed by atoms with van der Waals surface area (Å²) in [5.41, 5.74) is 2.70. The van der Waals surface area contributed by atoms with Crippen molar-refractivity contribution in [2.45, 2.75) is 44.6 Å². The minimum absolute atomic E-state index is 0.0777. The summed E-state index contributed by atoms with van der Waals surface area (Å²) in [5.74, 6) is 0.502. The Labute approximate surface area is 217 Å². The molecule has 6 rings (SSSR count). The van der Waals surface area contributed by atoms with E-state index in [4.69, 9.17) is 4.74 Å². The van der Waals surface area contributed by atoms with Gasteiger partial charge in [-0.05, 0) is 36.1 Å². The number of amides is 1. The molecule has 2 aromatic heterocycles. The number of hydrogen-bond donors (Lipinski definition) is 0. The summed E-state index contributed by atoms with van der Waals surface area (Å²) < 4.78 is 48.2. The molecule has 7 nitrogen and oxygen atoms in total. The highest BCUT2D eigenvalue weighted by atomic mass is 19.4. The van der Waals surface area contributed by atoms with Crippen LogP contribution in [0.5, 0.6) is 5.88 Å². The molecule has 2 aromatic carbocycles. The summed E-state index contributed by atoms with van der Waals surface area (Å²) in [5, 5.41) is 9.11. The Morgan fingerprint density at radius 3 is 2.53 bits per heavy atom. The highest BCUT2D eigenvalue weighted by Gasteiger charge is 2.35. The Kier molecular flexibility index (Phi) is 6.17. The average molecular weight is 522 g/mol. The number of nitrogens with zero attached hydrogens (tertiary/aromatic N) is 5. The lowest BCUT2D eigenvalue weighted by Crippen LogP contribution is -2.38. The van der Waals surface area contributed by atoms with Gasteiger partial charge in [-0.15, -0.1) is 0 Å². The van der Waals surface area contributed by atoms with Crippen LogP contribution in [0.2, 0.25) is 0 Å². The molecule has 2 aliphatic heterocycles. The van der Waals surface area contributed by atoms with Gasteiger partial charge in [-0.2, -0.15) is 23.4 Å². The summed E-state index contributed by atoms with van der Waals surface area (Å²) in [6.45, 7) is 2.39. The zero-order valence-electron chi connectivity index (χ0n) is 20.6. The number of aromatic nitrogens is 4. The molecule has 0 unspecified atom stereocenters. The van der Waals surface area contributed by atoms with Crippen LogP contribution >= 0.6 is 0 Å². The van der Waals surface area contributed by atoms with Crippen LogP contribution in [-0.4, -0.2) is 49.6 Å². The lowest BCUT2D eigenvalue weighted by Gasteiger charge is -2.24. The number of rotatable bonds is 5. The van der Waals surface area contributed by atoms with Crippen LogP contribution in [-0.2, 0) is 19.3 Å². The summed E-state index contributed by atoms with van der Waals surface area (Å²) in [7, 11) is 0. The second-order valence-corrected chi connectivity index (χ2v) is 9.64. The van der Waals surface area contributed by atoms with Crippen molar-refractivity contribution >= 4 is 5.91 Å². The maximum atomic E-state index is 13.9. The largest absolute Gasteiger partial charge is 0.477 e. The SMILES string of the molecule is O=C(c1nn2c(c1-c1ccccc1)OCCC2)N1CCC[C@H]1Cn1cc(-c2ccc(C(F)(F)F)cc2)cn1. The normalized spacial score (nSPS) is 17.3. The fourth-order valence-corrected chi connectivity index (χ4v) is 5.25. The van der Waals surface area contributed by atoms with Crippen molar-refractivity contribution in [2.24, 2.45) is 0 Å². The van der Waals surface area contributed by atoms with Gasteiger partial charge in [0.15, 0.2) is 5.69 Å². The number of aryl methyl sites for hydroxylation is 1. The maximum absolute atomic E-state index is 13.9. The molecule has 0 spiro atoms. The lowest BCUT2D eigenvalue weighted by molar-refractivity contribution is -0.137. The summed E-state index contributed by atoms with van der Waals surface area (Å²) in [4.78, 5) is 15.7. The van der Waals surface area contributed by atoms with E-state index in [2.05, 4.69) is 10.2 Å². The fourth-order valence-electron chi connectivity index (χ4n) is 5.25. The van der Waals surface area contributed by atoms with E-state index in [1.54, 1.807) is 15.6 Å². The molecule has 196 valence electrons. The van der Waals surface area contributed by atoms with Crippen LogP contribution in [0, 0.1) is 0 Å². The van der Waals surface area contributed by atoms with Crippen LogP contribution in [0.15, 0.2) is 67.0 Å². The van der Waals surface area contributed by atoms with Gasteiger partial charge in [0.25, 0.3) is 5.91 Å². The van der Waals surface area contributed by atoms with E-state index in [9.17, 15) is 18.0 Å². The van der Waals surface area contributed by atoms with E-state index in [-0.39, 0.29) is 11.9 Å². The summed E-state index contributed by atoms with van der Waals surface area (Å²) in [6.07, 6.45) is 1.60. The monoisotopic (exact) mass is 521 g/mol. The Bertz CT molecular complexity index is 1440. The van der Waals surface area contributed by atoms with Gasteiger partial charge < -0.3 is 9.64 Å². The van der Waals surface area contributed by atoms with Crippen LogP contribution < -0.4 is 4.74 Å². The first-order valence-electron chi connectivity index (χ1n) is 12.7. The first-order valence-corrected chi connectivity index (χ1v) is 12.7. The van der Waals surface area contributed by atoms with Crippen molar-refractivity contribution in [1.29, 1.82) is 0 Å². The second kappa shape index (κ2) is 9.66. The standard InChI is InChI=1S/C28H26F3N5O2/c29-28(30,31)22-11-9-19(10-12-22)21-16-32-34(17-21)18-23-8-4-13-35(23)26(37)25-24(20-6-2-1-3-7-20)27-36(33-25)14-5-15-38-27/h1-3,6-7,9-12,16-17,23H,4-5,8,13-15,18H2/t23-/m0/s1. The number of halogens is 3. The molecule has 1 saturated heterocycles. The topological polar surface area (TPSA) is 65.2 Å². The van der Waals surface area contributed by atoms with E-state index in [1.807, 2.05) is 41.4 Å². The molecular weight excluding hydrogens is 495 g/mol. The second-order valence-electron chi connectivity index (χ2n) is 9.64. The zero-order chi connectivity index (χ0) is 26.3. The third-order valence-electron chi connectivity index (χ3n) is 7.14. The van der Waals surface area contributed by atoms with E-state index < -0.39 is 11.7 Å². The molecule has 0 N–H and O–H groups in total. The predicted octanol–water partition coefficient (Wildman–Crippen LogP) is 5.52. The average Bonchev–Trinajstić information content (AvgIpc) is 3.67. The highest BCUT2D eigenvalue weighted by Crippen LogP contribution is 2.37. The van der Waals surface area contributed by atoms with E-state index >= 15 is 0 Å². The van der Waals surface area contributed by atoms with E-state index in [0.29, 0.717) is 43.4 Å². The van der Waals surface area contributed by atoms with Crippen LogP contribution in [0.4, 0.5) is 13.2 Å². The van der Waals surface area contributed by atoms with Crippen molar-refractivity contribution in [1.82, 2.24) is 24.5 Å². The number of carbonyl (C=O) groups is 1. The van der Waals surface area contributed by atoms with Gasteiger partial charge in [-0.1, -0.05) is 42.5 Å². The Hall–Kier alpha value is -4.08. The number of hydrogen-bond acceptors (Lipinski definition) is 4. The third-order valence-corrected chi connectivity index (χ3v) is 7.14. The predicted molar refractivity (Wildman–Crippen MR) is 134 cm³/mol. The fraction of sp³-hybridized carbons (Fsp3) is 0.321. The molecule has 1 atom stereocenters.